The molecule has 4 rings (SSSR count). The third kappa shape index (κ3) is 2.37. The van der Waals surface area contributed by atoms with Crippen LogP contribution in [-0.2, 0) is 6.42 Å². The van der Waals surface area contributed by atoms with Crippen LogP contribution in [0.5, 0.6) is 5.75 Å². The van der Waals surface area contributed by atoms with Crippen LogP contribution in [0, 0.1) is 0 Å². The van der Waals surface area contributed by atoms with E-state index in [9.17, 15) is 5.11 Å². The Bertz CT molecular complexity index is 890. The van der Waals surface area contributed by atoms with E-state index in [1.807, 2.05) is 24.4 Å². The lowest BCUT2D eigenvalue weighted by molar-refractivity contribution is 0.475. The van der Waals surface area contributed by atoms with Gasteiger partial charge in [-0.25, -0.2) is 0 Å². The van der Waals surface area contributed by atoms with E-state index in [1.165, 1.54) is 5.56 Å². The van der Waals surface area contributed by atoms with Gasteiger partial charge in [0.1, 0.15) is 5.75 Å². The molecule has 1 aliphatic heterocycles. The summed E-state index contributed by atoms with van der Waals surface area (Å²) in [4.78, 5) is 0. The van der Waals surface area contributed by atoms with Crippen LogP contribution in [0.4, 0.5) is 0 Å². The van der Waals surface area contributed by atoms with Crippen LogP contribution in [-0.4, -0.2) is 26.7 Å². The molecule has 1 aromatic heterocycles. The van der Waals surface area contributed by atoms with Crippen LogP contribution < -0.4 is 0 Å². The fourth-order valence-corrected chi connectivity index (χ4v) is 2.64. The molecule has 0 bridgehead atoms. The quantitative estimate of drug-likeness (QED) is 0.778. The Morgan fingerprint density at radius 3 is 2.77 bits per heavy atom. The number of fused-ring (bicyclic) bond motifs is 1. The van der Waals surface area contributed by atoms with Crippen LogP contribution >= 0.6 is 0 Å². The maximum absolute atomic E-state index is 9.34. The Balaban J connectivity index is 1.48. The molecule has 0 spiro atoms. The number of nitrogens with one attached hydrogen (secondary N) is 1. The first kappa shape index (κ1) is 12.8. The third-order valence-corrected chi connectivity index (χ3v) is 3.80. The van der Waals surface area contributed by atoms with Crippen LogP contribution in [0.25, 0.3) is 10.9 Å². The lowest BCUT2D eigenvalue weighted by Gasteiger charge is -2.03. The Morgan fingerprint density at radius 1 is 1.05 bits per heavy atom. The molecular weight excluding hydrogens is 276 g/mol. The number of phenols is 1. The van der Waals surface area contributed by atoms with Crippen molar-refractivity contribution in [3.8, 4) is 5.75 Å². The molecule has 0 unspecified atom stereocenters. The molecule has 2 aromatic carbocycles. The highest BCUT2D eigenvalue weighted by Crippen LogP contribution is 2.19. The van der Waals surface area contributed by atoms with Crippen molar-refractivity contribution in [2.45, 2.75) is 12.8 Å². The van der Waals surface area contributed by atoms with Gasteiger partial charge in [0.25, 0.3) is 0 Å². The summed E-state index contributed by atoms with van der Waals surface area (Å²) >= 11 is 0. The maximum Gasteiger partial charge on any atom is 0.115 e. The zero-order valence-electron chi connectivity index (χ0n) is 11.8. The summed E-state index contributed by atoms with van der Waals surface area (Å²) in [6.45, 7) is 0. The van der Waals surface area contributed by atoms with Gasteiger partial charge < -0.3 is 5.11 Å². The van der Waals surface area contributed by atoms with E-state index in [4.69, 9.17) is 0 Å². The second-order valence-electron chi connectivity index (χ2n) is 5.40. The highest BCUT2D eigenvalue weighted by atomic mass is 16.3. The van der Waals surface area contributed by atoms with Crippen LogP contribution in [0.2, 0.25) is 0 Å². The van der Waals surface area contributed by atoms with Gasteiger partial charge in [0, 0.05) is 18.2 Å². The summed E-state index contributed by atoms with van der Waals surface area (Å²) in [5.74, 6) is 0.261. The van der Waals surface area contributed by atoms with E-state index in [-0.39, 0.29) is 5.75 Å². The largest absolute Gasteiger partial charge is 0.508 e. The van der Waals surface area contributed by atoms with Crippen molar-refractivity contribution in [1.29, 1.82) is 0 Å². The van der Waals surface area contributed by atoms with Crippen LogP contribution in [0.1, 0.15) is 17.5 Å². The van der Waals surface area contributed by atoms with Gasteiger partial charge in [-0.2, -0.15) is 15.3 Å². The van der Waals surface area contributed by atoms with Crippen molar-refractivity contribution in [3.05, 3.63) is 59.8 Å². The molecule has 0 atom stereocenters. The molecule has 0 amide bonds. The number of aromatic hydroxyl groups is 1. The molecular formula is C17H14N4O. The number of H-pyrrole nitrogens is 1. The summed E-state index contributed by atoms with van der Waals surface area (Å²) in [5, 5.41) is 26.0. The topological polar surface area (TPSA) is 73.6 Å². The molecule has 0 saturated carbocycles. The number of benzene rings is 2. The third-order valence-electron chi connectivity index (χ3n) is 3.80. The molecule has 5 nitrogen and oxygen atoms in total. The molecule has 2 N–H and O–H groups in total. The predicted molar refractivity (Wildman–Crippen MR) is 86.5 cm³/mol. The van der Waals surface area contributed by atoms with E-state index < -0.39 is 0 Å². The number of aromatic nitrogens is 2. The fourth-order valence-electron chi connectivity index (χ4n) is 2.64. The Kier molecular flexibility index (Phi) is 2.96. The molecule has 0 aliphatic carbocycles. The molecule has 0 radical (unpaired) electrons. The van der Waals surface area contributed by atoms with Crippen molar-refractivity contribution in [2.24, 2.45) is 10.2 Å². The number of nitrogens with zero attached hydrogens (tertiary/aromatic N) is 3. The molecule has 3 aromatic rings. The van der Waals surface area contributed by atoms with Crippen molar-refractivity contribution < 1.29 is 5.11 Å². The monoisotopic (exact) mass is 290 g/mol. The van der Waals surface area contributed by atoms with E-state index >= 15 is 0 Å². The van der Waals surface area contributed by atoms with Crippen LogP contribution in [0.15, 0.2) is 58.9 Å². The average Bonchev–Trinajstić information content (AvgIpc) is 3.17. The first-order valence-electron chi connectivity index (χ1n) is 7.11. The zero-order valence-corrected chi connectivity index (χ0v) is 11.8. The first-order chi connectivity index (χ1) is 10.8. The number of hydrogen-bond acceptors (Lipinski definition) is 4. The van der Waals surface area contributed by atoms with Crippen molar-refractivity contribution >= 4 is 22.3 Å². The molecule has 1 aliphatic rings. The molecule has 2 heterocycles. The van der Waals surface area contributed by atoms with Crippen LogP contribution in [0.3, 0.4) is 0 Å². The fraction of sp³-hybridized carbons (Fsp3) is 0.118. The summed E-state index contributed by atoms with van der Waals surface area (Å²) in [6.07, 6.45) is 3.36. The second-order valence-corrected chi connectivity index (χ2v) is 5.40. The molecule has 22 heavy (non-hydrogen) atoms. The summed E-state index contributed by atoms with van der Waals surface area (Å²) < 4.78 is 0. The summed E-state index contributed by atoms with van der Waals surface area (Å²) in [5.41, 5.74) is 5.24. The summed E-state index contributed by atoms with van der Waals surface area (Å²) in [6, 6.07) is 13.3. The molecule has 0 saturated heterocycles. The van der Waals surface area contributed by atoms with Gasteiger partial charge in [-0.05, 0) is 47.5 Å². The lowest BCUT2D eigenvalue weighted by atomic mass is 10.0. The van der Waals surface area contributed by atoms with E-state index in [0.717, 1.165) is 40.7 Å². The van der Waals surface area contributed by atoms with Gasteiger partial charge in [0.15, 0.2) is 0 Å². The minimum atomic E-state index is 0.261. The number of hydrogen-bond donors (Lipinski definition) is 2. The number of aromatic amines is 1. The molecule has 108 valence electrons. The smallest absolute Gasteiger partial charge is 0.115 e. The van der Waals surface area contributed by atoms with Gasteiger partial charge in [-0.15, -0.1) is 0 Å². The number of phenolic OH excluding ortho intramolecular Hbond substituents is 1. The minimum absolute atomic E-state index is 0.261. The zero-order chi connectivity index (χ0) is 14.9. The molecule has 0 fully saturated rings. The van der Waals surface area contributed by atoms with E-state index in [0.29, 0.717) is 0 Å². The van der Waals surface area contributed by atoms with Gasteiger partial charge in [-0.1, -0.05) is 6.07 Å². The van der Waals surface area contributed by atoms with E-state index in [2.05, 4.69) is 32.5 Å². The lowest BCUT2D eigenvalue weighted by Crippen LogP contribution is -2.06. The Labute approximate surface area is 127 Å². The van der Waals surface area contributed by atoms with Gasteiger partial charge in [0.2, 0.25) is 0 Å². The highest BCUT2D eigenvalue weighted by Gasteiger charge is 2.15. The normalized spacial score (nSPS) is 14.2. The first-order valence-corrected chi connectivity index (χ1v) is 7.11. The summed E-state index contributed by atoms with van der Waals surface area (Å²) in [7, 11) is 0. The maximum atomic E-state index is 9.34. The minimum Gasteiger partial charge on any atom is -0.508 e. The van der Waals surface area contributed by atoms with Crippen molar-refractivity contribution in [1.82, 2.24) is 10.2 Å². The van der Waals surface area contributed by atoms with Gasteiger partial charge in [-0.3, -0.25) is 5.10 Å². The Hall–Kier alpha value is -2.95. The second kappa shape index (κ2) is 5.11. The van der Waals surface area contributed by atoms with Crippen molar-refractivity contribution in [2.75, 3.05) is 0 Å². The average molecular weight is 290 g/mol. The van der Waals surface area contributed by atoms with Crippen molar-refractivity contribution in [3.63, 3.8) is 0 Å². The molecule has 5 heteroatoms. The van der Waals surface area contributed by atoms with Gasteiger partial charge >= 0.3 is 0 Å². The standard InChI is InChI=1S/C17H14N4O/c22-15-4-2-12(3-5-15)17-9-14(19-21-17)8-11-1-6-16-13(7-11)10-18-20-16/h1-7,10,22H,8-9H2,(H,18,20). The Morgan fingerprint density at radius 2 is 1.91 bits per heavy atom. The SMILES string of the molecule is Oc1ccc(C2=NN=C(Cc3ccc4[nH]ncc4c3)C2)cc1. The van der Waals surface area contributed by atoms with E-state index in [1.54, 1.807) is 12.1 Å². The number of rotatable bonds is 3. The highest BCUT2D eigenvalue weighted by molar-refractivity contribution is 6.15. The predicted octanol–water partition coefficient (Wildman–Crippen LogP) is 3.06. The van der Waals surface area contributed by atoms with Gasteiger partial charge in [0.05, 0.1) is 23.1 Å².